The normalized spacial score (nSPS) is 22.5. The van der Waals surface area contributed by atoms with Crippen molar-refractivity contribution < 1.29 is 4.74 Å². The Kier molecular flexibility index (Phi) is 4.29. The number of ether oxygens (including phenoxy) is 1. The molecule has 1 atom stereocenters. The number of nitrogens with zero attached hydrogens (tertiary/aromatic N) is 2. The second kappa shape index (κ2) is 6.55. The molecule has 0 amide bonds. The minimum absolute atomic E-state index is 0.554. The third-order valence-corrected chi connectivity index (χ3v) is 5.64. The van der Waals surface area contributed by atoms with Crippen molar-refractivity contribution in [1.82, 2.24) is 9.88 Å². The van der Waals surface area contributed by atoms with E-state index >= 15 is 0 Å². The van der Waals surface area contributed by atoms with Gasteiger partial charge in [0.15, 0.2) is 0 Å². The Labute approximate surface area is 140 Å². The van der Waals surface area contributed by atoms with Gasteiger partial charge in [-0.25, -0.2) is 0 Å². The lowest BCUT2D eigenvalue weighted by atomic mass is 10.2. The van der Waals surface area contributed by atoms with Gasteiger partial charge in [0.1, 0.15) is 5.04 Å². The molecule has 0 bridgehead atoms. The molecular formula is C17H22N4OS. The van der Waals surface area contributed by atoms with Crippen molar-refractivity contribution in [2.24, 2.45) is 4.99 Å². The number of benzene rings is 1. The summed E-state index contributed by atoms with van der Waals surface area (Å²) in [5.41, 5.74) is 3.42. The monoisotopic (exact) mass is 330 g/mol. The van der Waals surface area contributed by atoms with Crippen molar-refractivity contribution in [3.63, 3.8) is 0 Å². The Hall–Kier alpha value is -1.50. The quantitative estimate of drug-likeness (QED) is 0.904. The van der Waals surface area contributed by atoms with E-state index in [2.05, 4.69) is 39.5 Å². The lowest BCUT2D eigenvalue weighted by molar-refractivity contribution is 0.0385. The van der Waals surface area contributed by atoms with E-state index in [9.17, 15) is 0 Å². The molecule has 1 aromatic heterocycles. The van der Waals surface area contributed by atoms with E-state index < -0.39 is 0 Å². The fourth-order valence-electron chi connectivity index (χ4n) is 3.21. The minimum atomic E-state index is 0.554. The maximum absolute atomic E-state index is 5.42. The fraction of sp³-hybridized carbons (Fsp3) is 0.471. The number of aliphatic imine (C=N–C) groups is 1. The molecule has 2 N–H and O–H groups in total. The number of hydrogen-bond acceptors (Lipinski definition) is 5. The van der Waals surface area contributed by atoms with Crippen LogP contribution in [0.25, 0.3) is 10.9 Å². The average Bonchev–Trinajstić information content (AvgIpc) is 3.21. The van der Waals surface area contributed by atoms with Crippen molar-refractivity contribution >= 4 is 33.4 Å². The van der Waals surface area contributed by atoms with E-state index in [4.69, 9.17) is 9.73 Å². The highest BCUT2D eigenvalue weighted by Crippen LogP contribution is 2.30. The van der Waals surface area contributed by atoms with Gasteiger partial charge in [-0.2, -0.15) is 0 Å². The highest BCUT2D eigenvalue weighted by atomic mass is 32.2. The molecule has 122 valence electrons. The number of nitrogens with one attached hydrogen (secondary N) is 2. The summed E-state index contributed by atoms with van der Waals surface area (Å²) in [5, 5.41) is 6.16. The first kappa shape index (κ1) is 15.1. The van der Waals surface area contributed by atoms with Gasteiger partial charge in [0.2, 0.25) is 0 Å². The second-order valence-corrected chi connectivity index (χ2v) is 7.29. The van der Waals surface area contributed by atoms with Gasteiger partial charge in [-0.05, 0) is 12.1 Å². The van der Waals surface area contributed by atoms with Crippen molar-refractivity contribution in [2.45, 2.75) is 5.25 Å². The minimum Gasteiger partial charge on any atom is -0.386 e. The summed E-state index contributed by atoms with van der Waals surface area (Å²) in [6.07, 6.45) is 0. The van der Waals surface area contributed by atoms with E-state index in [1.165, 1.54) is 5.39 Å². The smallest absolute Gasteiger partial charge is 0.114 e. The molecule has 1 fully saturated rings. The Morgan fingerprint density at radius 2 is 2.26 bits per heavy atom. The number of aromatic amines is 1. The maximum atomic E-state index is 5.42. The number of thioether (sulfide) groups is 1. The third kappa shape index (κ3) is 3.11. The van der Waals surface area contributed by atoms with Gasteiger partial charge in [0.25, 0.3) is 0 Å². The molecule has 6 heteroatoms. The first-order valence-electron chi connectivity index (χ1n) is 8.14. The Balaban J connectivity index is 1.47. The Bertz CT molecular complexity index is 720. The topological polar surface area (TPSA) is 52.6 Å². The molecule has 2 aromatic rings. The van der Waals surface area contributed by atoms with Crippen LogP contribution in [-0.4, -0.2) is 66.6 Å². The fourth-order valence-corrected chi connectivity index (χ4v) is 4.35. The van der Waals surface area contributed by atoms with Crippen molar-refractivity contribution in [3.05, 3.63) is 30.0 Å². The van der Waals surface area contributed by atoms with Gasteiger partial charge in [-0.15, -0.1) is 0 Å². The van der Waals surface area contributed by atoms with Gasteiger partial charge in [0, 0.05) is 37.3 Å². The molecule has 23 heavy (non-hydrogen) atoms. The number of fused-ring (bicyclic) bond motifs is 1. The van der Waals surface area contributed by atoms with Crippen LogP contribution in [0.4, 0.5) is 5.69 Å². The number of anilines is 1. The van der Waals surface area contributed by atoms with Gasteiger partial charge >= 0.3 is 0 Å². The van der Waals surface area contributed by atoms with Crippen molar-refractivity contribution in [3.8, 4) is 0 Å². The van der Waals surface area contributed by atoms with E-state index in [1.807, 2.05) is 18.8 Å². The number of morpholine rings is 1. The van der Waals surface area contributed by atoms with E-state index in [1.54, 1.807) is 0 Å². The highest BCUT2D eigenvalue weighted by molar-refractivity contribution is 8.15. The molecule has 2 aliphatic rings. The predicted molar refractivity (Wildman–Crippen MR) is 97.9 cm³/mol. The summed E-state index contributed by atoms with van der Waals surface area (Å²) in [6, 6.07) is 8.52. The van der Waals surface area contributed by atoms with E-state index in [0.717, 1.165) is 61.3 Å². The lowest BCUT2D eigenvalue weighted by Crippen LogP contribution is -2.40. The first-order chi connectivity index (χ1) is 11.3. The number of rotatable bonds is 4. The molecule has 0 radical (unpaired) electrons. The molecule has 1 aromatic carbocycles. The molecule has 0 saturated carbocycles. The zero-order valence-electron chi connectivity index (χ0n) is 13.3. The summed E-state index contributed by atoms with van der Waals surface area (Å²) in [6.45, 7) is 5.82. The standard InChI is InChI=1S/C17H22N4OS/c1-18-14-4-2-3-12-9-15(20-16(12)14)17-19-10-13(23-17)11-21-5-7-22-8-6-21/h2-4,9,13,18,20H,5-8,10-11H2,1H3. The van der Waals surface area contributed by atoms with Crippen LogP contribution in [-0.2, 0) is 4.74 Å². The number of para-hydroxylation sites is 1. The molecule has 2 aliphatic heterocycles. The molecule has 5 nitrogen and oxygen atoms in total. The summed E-state index contributed by atoms with van der Waals surface area (Å²) >= 11 is 1.90. The van der Waals surface area contributed by atoms with E-state index in [0.29, 0.717) is 5.25 Å². The van der Waals surface area contributed by atoms with Crippen LogP contribution in [0.5, 0.6) is 0 Å². The first-order valence-corrected chi connectivity index (χ1v) is 9.02. The largest absolute Gasteiger partial charge is 0.386 e. The molecular weight excluding hydrogens is 308 g/mol. The zero-order chi connectivity index (χ0) is 15.6. The van der Waals surface area contributed by atoms with Gasteiger partial charge in [-0.1, -0.05) is 23.9 Å². The highest BCUT2D eigenvalue weighted by Gasteiger charge is 2.25. The van der Waals surface area contributed by atoms with Crippen LogP contribution < -0.4 is 5.32 Å². The number of H-pyrrole nitrogens is 1. The molecule has 1 unspecified atom stereocenters. The summed E-state index contributed by atoms with van der Waals surface area (Å²) in [5.74, 6) is 0. The molecule has 0 spiro atoms. The summed E-state index contributed by atoms with van der Waals surface area (Å²) < 4.78 is 5.42. The zero-order valence-corrected chi connectivity index (χ0v) is 14.2. The SMILES string of the molecule is CNc1cccc2cc(C3=NCC(CN4CCOCC4)S3)[nH]c12. The maximum Gasteiger partial charge on any atom is 0.114 e. The van der Waals surface area contributed by atoms with Crippen LogP contribution in [0.3, 0.4) is 0 Å². The second-order valence-electron chi connectivity index (χ2n) is 6.00. The predicted octanol–water partition coefficient (Wildman–Crippen LogP) is 2.40. The molecule has 0 aliphatic carbocycles. The van der Waals surface area contributed by atoms with Crippen LogP contribution in [0.1, 0.15) is 5.69 Å². The average molecular weight is 330 g/mol. The van der Waals surface area contributed by atoms with Gasteiger partial charge in [0.05, 0.1) is 36.7 Å². The van der Waals surface area contributed by atoms with Crippen molar-refractivity contribution in [1.29, 1.82) is 0 Å². The van der Waals surface area contributed by atoms with Crippen LogP contribution in [0, 0.1) is 0 Å². The Morgan fingerprint density at radius 3 is 3.09 bits per heavy atom. The van der Waals surface area contributed by atoms with Gasteiger partial charge < -0.3 is 15.0 Å². The third-order valence-electron chi connectivity index (χ3n) is 4.44. The lowest BCUT2D eigenvalue weighted by Gasteiger charge is -2.28. The van der Waals surface area contributed by atoms with E-state index in [-0.39, 0.29) is 0 Å². The summed E-state index contributed by atoms with van der Waals surface area (Å²) in [7, 11) is 1.95. The van der Waals surface area contributed by atoms with Gasteiger partial charge in [-0.3, -0.25) is 9.89 Å². The molecule has 1 saturated heterocycles. The van der Waals surface area contributed by atoms with Crippen LogP contribution >= 0.6 is 11.8 Å². The van der Waals surface area contributed by atoms with Crippen LogP contribution in [0.15, 0.2) is 29.3 Å². The Morgan fingerprint density at radius 1 is 1.39 bits per heavy atom. The summed E-state index contributed by atoms with van der Waals surface area (Å²) in [4.78, 5) is 10.8. The van der Waals surface area contributed by atoms with Crippen LogP contribution in [0.2, 0.25) is 0 Å². The number of hydrogen-bond donors (Lipinski definition) is 2. The number of aromatic nitrogens is 1. The molecule has 4 rings (SSSR count). The van der Waals surface area contributed by atoms with Crippen molar-refractivity contribution in [2.75, 3.05) is 51.8 Å². The molecule has 3 heterocycles.